The average molecular weight is 629 g/mol. The number of carbonyl (C=O) groups is 3. The lowest BCUT2D eigenvalue weighted by Crippen LogP contribution is -2.35. The largest absolute Gasteiger partial charge is 0.497 e. The number of primary amides is 1. The number of methoxy groups -OCH3 is 2. The molecule has 0 spiro atoms. The standard InChI is InChI=1S/C19H16ClNO3.C8H10N2O2.4C2H6/c1-12-16(9-10-22)17-11-15(24-2)7-8-18(17)21(12)19(23)13-3-5-14(20)6-4-13;1-12-6-10-4-2-3-7(5-10)8(9)11;4*1-2/h3-8,10-11H,9H2,1-2H3;2-5H,6H2,1H3,(H-,9,11);4*1-2H3/p+1. The third-order valence-electron chi connectivity index (χ3n) is 5.54. The second-order valence-electron chi connectivity index (χ2n) is 7.85. The summed E-state index contributed by atoms with van der Waals surface area (Å²) in [6.07, 6.45) is 4.54. The van der Waals surface area contributed by atoms with E-state index in [4.69, 9.17) is 26.8 Å². The van der Waals surface area contributed by atoms with Crippen LogP contribution in [0.25, 0.3) is 10.9 Å². The first-order valence-corrected chi connectivity index (χ1v) is 15.4. The number of carbonyl (C=O) groups excluding carboxylic acids is 3. The van der Waals surface area contributed by atoms with Gasteiger partial charge in [0.05, 0.1) is 12.6 Å². The molecular weight excluding hydrogens is 578 g/mol. The number of pyridine rings is 1. The van der Waals surface area contributed by atoms with Crippen molar-refractivity contribution in [3.63, 3.8) is 0 Å². The molecule has 0 saturated heterocycles. The number of hydrogen-bond donors (Lipinski definition) is 1. The van der Waals surface area contributed by atoms with Gasteiger partial charge in [0.2, 0.25) is 0 Å². The highest BCUT2D eigenvalue weighted by atomic mass is 35.5. The average Bonchev–Trinajstić information content (AvgIpc) is 3.35. The van der Waals surface area contributed by atoms with Crippen molar-refractivity contribution in [3.8, 4) is 5.75 Å². The number of halogens is 1. The van der Waals surface area contributed by atoms with Crippen LogP contribution in [0.15, 0.2) is 67.0 Å². The summed E-state index contributed by atoms with van der Waals surface area (Å²) >= 11 is 5.90. The monoisotopic (exact) mass is 628 g/mol. The Morgan fingerprint density at radius 3 is 2.00 bits per heavy atom. The van der Waals surface area contributed by atoms with E-state index in [9.17, 15) is 14.4 Å². The van der Waals surface area contributed by atoms with E-state index >= 15 is 0 Å². The highest BCUT2D eigenvalue weighted by molar-refractivity contribution is 6.30. The molecule has 8 nitrogen and oxygen atoms in total. The van der Waals surface area contributed by atoms with Gasteiger partial charge in [-0.2, -0.15) is 4.57 Å². The smallest absolute Gasteiger partial charge is 0.262 e. The van der Waals surface area contributed by atoms with Crippen LogP contribution >= 0.6 is 11.6 Å². The van der Waals surface area contributed by atoms with Crippen LogP contribution in [-0.2, 0) is 22.7 Å². The molecule has 0 saturated carbocycles. The number of benzene rings is 2. The molecule has 0 unspecified atom stereocenters. The summed E-state index contributed by atoms with van der Waals surface area (Å²) in [6.45, 7) is 18.3. The van der Waals surface area contributed by atoms with Gasteiger partial charge in [-0.3, -0.25) is 14.2 Å². The summed E-state index contributed by atoms with van der Waals surface area (Å²) in [5, 5.41) is 1.42. The van der Waals surface area contributed by atoms with Gasteiger partial charge >= 0.3 is 0 Å². The minimum Gasteiger partial charge on any atom is -0.497 e. The lowest BCUT2D eigenvalue weighted by atomic mass is 10.1. The van der Waals surface area contributed by atoms with Crippen LogP contribution in [0, 0.1) is 6.92 Å². The summed E-state index contributed by atoms with van der Waals surface area (Å²) in [5.74, 6) is 0.0997. The molecule has 2 N–H and O–H groups in total. The van der Waals surface area contributed by atoms with E-state index in [1.165, 1.54) is 0 Å². The third kappa shape index (κ3) is 12.3. The van der Waals surface area contributed by atoms with Crippen LogP contribution in [0.3, 0.4) is 0 Å². The Hall–Kier alpha value is -4.01. The van der Waals surface area contributed by atoms with E-state index in [0.717, 1.165) is 28.4 Å². The zero-order chi connectivity index (χ0) is 34.2. The zero-order valence-electron chi connectivity index (χ0n) is 28.2. The molecule has 0 bridgehead atoms. The molecule has 242 valence electrons. The molecule has 2 heterocycles. The molecule has 1 amide bonds. The van der Waals surface area contributed by atoms with Crippen LogP contribution in [0.2, 0.25) is 5.02 Å². The van der Waals surface area contributed by atoms with Crippen molar-refractivity contribution in [3.05, 3.63) is 94.4 Å². The molecule has 9 heteroatoms. The fourth-order valence-electron chi connectivity index (χ4n) is 3.81. The maximum absolute atomic E-state index is 13.0. The molecule has 0 radical (unpaired) electrons. The number of fused-ring (bicyclic) bond motifs is 1. The maximum Gasteiger partial charge on any atom is 0.262 e. The quantitative estimate of drug-likeness (QED) is 0.166. The number of nitrogens with zero attached hydrogens (tertiary/aromatic N) is 2. The molecule has 44 heavy (non-hydrogen) atoms. The number of aldehydes is 1. The van der Waals surface area contributed by atoms with Crippen LogP contribution in [0.1, 0.15) is 87.4 Å². The Balaban J connectivity index is 0. The van der Waals surface area contributed by atoms with Gasteiger partial charge in [-0.1, -0.05) is 67.0 Å². The molecule has 4 aromatic rings. The van der Waals surface area contributed by atoms with E-state index in [1.807, 2.05) is 74.4 Å². The predicted octanol–water partition coefficient (Wildman–Crippen LogP) is 7.82. The van der Waals surface area contributed by atoms with Gasteiger partial charge in [0.1, 0.15) is 17.6 Å². The number of ether oxygens (including phenoxy) is 2. The highest BCUT2D eigenvalue weighted by Gasteiger charge is 2.20. The number of amides is 1. The lowest BCUT2D eigenvalue weighted by molar-refractivity contribution is -0.731. The van der Waals surface area contributed by atoms with E-state index in [-0.39, 0.29) is 12.3 Å². The fraction of sp³-hybridized carbons (Fsp3) is 0.371. The van der Waals surface area contributed by atoms with Crippen molar-refractivity contribution in [1.82, 2.24) is 4.57 Å². The maximum atomic E-state index is 13.0. The third-order valence-corrected chi connectivity index (χ3v) is 5.80. The predicted molar refractivity (Wildman–Crippen MR) is 182 cm³/mol. The van der Waals surface area contributed by atoms with Crippen LogP contribution in [0.5, 0.6) is 5.75 Å². The van der Waals surface area contributed by atoms with Gasteiger partial charge < -0.3 is 20.0 Å². The zero-order valence-corrected chi connectivity index (χ0v) is 29.0. The van der Waals surface area contributed by atoms with Gasteiger partial charge in [0.15, 0.2) is 12.4 Å². The Morgan fingerprint density at radius 1 is 0.909 bits per heavy atom. The molecule has 0 aliphatic carbocycles. The molecule has 2 aromatic heterocycles. The van der Waals surface area contributed by atoms with Gasteiger partial charge in [-0.05, 0) is 61.0 Å². The second kappa shape index (κ2) is 24.4. The number of nitrogens with two attached hydrogens (primary N) is 1. The van der Waals surface area contributed by atoms with E-state index < -0.39 is 5.91 Å². The number of hydrogen-bond acceptors (Lipinski definition) is 5. The Bertz CT molecular complexity index is 1400. The number of rotatable bonds is 7. The molecule has 0 atom stereocenters. The molecule has 2 aromatic carbocycles. The van der Waals surface area contributed by atoms with Crippen LogP contribution in [-0.4, -0.2) is 36.9 Å². The van der Waals surface area contributed by atoms with Crippen molar-refractivity contribution in [2.75, 3.05) is 14.2 Å². The van der Waals surface area contributed by atoms with Gasteiger partial charge in [0, 0.05) is 41.3 Å². The van der Waals surface area contributed by atoms with Gasteiger partial charge in [-0.25, -0.2) is 0 Å². The summed E-state index contributed by atoms with van der Waals surface area (Å²) in [7, 11) is 3.17. The Morgan fingerprint density at radius 2 is 1.50 bits per heavy atom. The molecule has 0 aliphatic heterocycles. The van der Waals surface area contributed by atoms with Crippen LogP contribution in [0.4, 0.5) is 0 Å². The van der Waals surface area contributed by atoms with Crippen molar-refractivity contribution in [2.45, 2.75) is 75.5 Å². The molecular formula is C35H51ClN3O5+. The highest BCUT2D eigenvalue weighted by Crippen LogP contribution is 2.30. The first kappa shape index (κ1) is 42.1. The summed E-state index contributed by atoms with van der Waals surface area (Å²) in [5.41, 5.74) is 8.45. The molecule has 0 aliphatic rings. The Kier molecular flexibility index (Phi) is 23.4. The normalized spacial score (nSPS) is 9.09. The fourth-order valence-corrected chi connectivity index (χ4v) is 3.94. The van der Waals surface area contributed by atoms with Crippen molar-refractivity contribution >= 4 is 40.6 Å². The summed E-state index contributed by atoms with van der Waals surface area (Å²) < 4.78 is 13.5. The van der Waals surface area contributed by atoms with E-state index in [0.29, 0.717) is 28.6 Å². The van der Waals surface area contributed by atoms with E-state index in [1.54, 1.807) is 78.2 Å². The van der Waals surface area contributed by atoms with Crippen molar-refractivity contribution < 1.29 is 28.4 Å². The van der Waals surface area contributed by atoms with E-state index in [2.05, 4.69) is 0 Å². The lowest BCUT2D eigenvalue weighted by Gasteiger charge is -2.08. The van der Waals surface area contributed by atoms with Gasteiger partial charge in [-0.15, -0.1) is 0 Å². The first-order valence-electron chi connectivity index (χ1n) is 15.0. The van der Waals surface area contributed by atoms with Gasteiger partial charge in [0.25, 0.3) is 18.5 Å². The SMILES string of the molecule is CC.CC.CC.CC.COC[n+]1cccc(C(N)=O)c1.COc1ccc2c(c1)c(CC=O)c(C)n2C(=O)c1ccc(Cl)cc1. The topological polar surface area (TPSA) is 104 Å². The first-order chi connectivity index (χ1) is 21.3. The minimum atomic E-state index is -0.430. The van der Waals surface area contributed by atoms with Crippen molar-refractivity contribution in [1.29, 1.82) is 0 Å². The molecule has 4 rings (SSSR count). The minimum absolute atomic E-state index is 0.156. The Labute approximate surface area is 268 Å². The summed E-state index contributed by atoms with van der Waals surface area (Å²) in [4.78, 5) is 34.8. The summed E-state index contributed by atoms with van der Waals surface area (Å²) in [6, 6.07) is 15.7. The van der Waals surface area contributed by atoms with Crippen LogP contribution < -0.4 is 15.0 Å². The van der Waals surface area contributed by atoms with Crippen molar-refractivity contribution in [2.24, 2.45) is 5.73 Å². The second-order valence-corrected chi connectivity index (χ2v) is 8.29. The number of aromatic nitrogens is 2. The molecule has 0 fully saturated rings.